The van der Waals surface area contributed by atoms with E-state index in [1.807, 2.05) is 4.90 Å². The van der Waals surface area contributed by atoms with Gasteiger partial charge >= 0.3 is 0 Å². The molecular formula is C18H23N3O2S. The summed E-state index contributed by atoms with van der Waals surface area (Å²) >= 11 is 1.64. The van der Waals surface area contributed by atoms with Crippen molar-refractivity contribution in [2.45, 2.75) is 46.1 Å². The van der Waals surface area contributed by atoms with E-state index in [0.29, 0.717) is 11.8 Å². The minimum absolute atomic E-state index is 0.0310. The Labute approximate surface area is 145 Å². The first-order valence-corrected chi connectivity index (χ1v) is 9.62. The minimum atomic E-state index is -0.0501. The first-order valence-electron chi connectivity index (χ1n) is 8.80. The maximum absolute atomic E-state index is 12.9. The summed E-state index contributed by atoms with van der Waals surface area (Å²) in [4.78, 5) is 34.0. The van der Waals surface area contributed by atoms with Crippen molar-refractivity contribution in [1.82, 2.24) is 14.5 Å². The van der Waals surface area contributed by atoms with Crippen LogP contribution in [-0.2, 0) is 24.2 Å². The molecule has 1 aliphatic carbocycles. The Morgan fingerprint density at radius 1 is 1.29 bits per heavy atom. The first kappa shape index (κ1) is 15.8. The van der Waals surface area contributed by atoms with E-state index in [0.717, 1.165) is 49.0 Å². The van der Waals surface area contributed by atoms with E-state index in [2.05, 4.69) is 18.8 Å². The molecule has 2 atom stereocenters. The average molecular weight is 345 g/mol. The Morgan fingerprint density at radius 3 is 2.79 bits per heavy atom. The molecular weight excluding hydrogens is 322 g/mol. The highest BCUT2D eigenvalue weighted by molar-refractivity contribution is 7.18. The quantitative estimate of drug-likeness (QED) is 0.840. The van der Waals surface area contributed by atoms with Gasteiger partial charge in [0.2, 0.25) is 5.91 Å². The number of amides is 1. The van der Waals surface area contributed by atoms with E-state index in [1.54, 1.807) is 17.7 Å². The van der Waals surface area contributed by atoms with Crippen molar-refractivity contribution in [3.05, 3.63) is 27.1 Å². The van der Waals surface area contributed by atoms with Crippen molar-refractivity contribution in [3.63, 3.8) is 0 Å². The number of thiophene rings is 1. The lowest BCUT2D eigenvalue weighted by atomic mass is 9.92. The van der Waals surface area contributed by atoms with Crippen LogP contribution in [0.4, 0.5) is 0 Å². The molecule has 0 N–H and O–H groups in total. The fourth-order valence-corrected chi connectivity index (χ4v) is 5.46. The molecule has 0 radical (unpaired) electrons. The van der Waals surface area contributed by atoms with E-state index < -0.39 is 0 Å². The van der Waals surface area contributed by atoms with Crippen LogP contribution >= 0.6 is 11.3 Å². The molecule has 0 saturated carbocycles. The van der Waals surface area contributed by atoms with Crippen LogP contribution in [-0.4, -0.2) is 33.4 Å². The summed E-state index contributed by atoms with van der Waals surface area (Å²) in [5, 5.41) is 0.753. The Balaban J connectivity index is 1.62. The van der Waals surface area contributed by atoms with Crippen molar-refractivity contribution in [2.75, 3.05) is 13.1 Å². The summed E-state index contributed by atoms with van der Waals surface area (Å²) in [5.41, 5.74) is 1.13. The summed E-state index contributed by atoms with van der Waals surface area (Å²) < 4.78 is 1.50. The molecule has 128 valence electrons. The van der Waals surface area contributed by atoms with Crippen molar-refractivity contribution < 1.29 is 4.79 Å². The summed E-state index contributed by atoms with van der Waals surface area (Å²) in [6.07, 6.45) is 5.85. The Kier molecular flexibility index (Phi) is 3.95. The third-order valence-electron chi connectivity index (χ3n) is 5.22. The molecule has 1 aliphatic heterocycles. The zero-order valence-electron chi connectivity index (χ0n) is 14.2. The number of likely N-dealkylation sites (tertiary alicyclic amines) is 1. The molecule has 24 heavy (non-hydrogen) atoms. The molecule has 2 aromatic heterocycles. The normalized spacial score (nSPS) is 23.7. The van der Waals surface area contributed by atoms with Crippen LogP contribution in [0.3, 0.4) is 0 Å². The lowest BCUT2D eigenvalue weighted by Gasteiger charge is -2.35. The lowest BCUT2D eigenvalue weighted by Crippen LogP contribution is -2.44. The van der Waals surface area contributed by atoms with Crippen LogP contribution in [0.15, 0.2) is 11.1 Å². The summed E-state index contributed by atoms with van der Waals surface area (Å²) in [5.74, 6) is 1.08. The molecule has 3 heterocycles. The van der Waals surface area contributed by atoms with E-state index in [4.69, 9.17) is 0 Å². The second kappa shape index (κ2) is 5.99. The molecule has 1 fully saturated rings. The predicted octanol–water partition coefficient (Wildman–Crippen LogP) is 2.45. The summed E-state index contributed by atoms with van der Waals surface area (Å²) in [6.45, 7) is 6.06. The molecule has 2 aliphatic rings. The molecule has 0 bridgehead atoms. The Morgan fingerprint density at radius 2 is 2.04 bits per heavy atom. The first-order chi connectivity index (χ1) is 11.5. The highest BCUT2D eigenvalue weighted by atomic mass is 32.1. The lowest BCUT2D eigenvalue weighted by molar-refractivity contribution is -0.134. The van der Waals surface area contributed by atoms with Crippen LogP contribution in [0.5, 0.6) is 0 Å². The average Bonchev–Trinajstić information content (AvgIpc) is 3.09. The predicted molar refractivity (Wildman–Crippen MR) is 95.4 cm³/mol. The van der Waals surface area contributed by atoms with Crippen LogP contribution < -0.4 is 5.56 Å². The van der Waals surface area contributed by atoms with Gasteiger partial charge in [0, 0.05) is 18.0 Å². The van der Waals surface area contributed by atoms with E-state index in [9.17, 15) is 9.59 Å². The van der Waals surface area contributed by atoms with Gasteiger partial charge in [-0.15, -0.1) is 11.3 Å². The minimum Gasteiger partial charge on any atom is -0.341 e. The molecule has 5 nitrogen and oxygen atoms in total. The number of aryl methyl sites for hydroxylation is 2. The standard InChI is InChI=1S/C18H23N3O2S/c1-11-6-12(2)8-20(7-11)15(22)9-21-10-19-17-16(18(21)23)13-4-3-5-14(13)24-17/h10-12H,3-9H2,1-2H3/t11-,12-/m1/s1. The zero-order chi connectivity index (χ0) is 16.8. The van der Waals surface area contributed by atoms with Gasteiger partial charge in [0.05, 0.1) is 11.7 Å². The molecule has 1 amide bonds. The third kappa shape index (κ3) is 2.66. The second-order valence-electron chi connectivity index (χ2n) is 7.46. The second-order valence-corrected chi connectivity index (χ2v) is 8.54. The molecule has 0 unspecified atom stereocenters. The van der Waals surface area contributed by atoms with Gasteiger partial charge in [-0.25, -0.2) is 4.98 Å². The highest BCUT2D eigenvalue weighted by Gasteiger charge is 2.26. The van der Waals surface area contributed by atoms with Gasteiger partial charge in [-0.1, -0.05) is 13.8 Å². The van der Waals surface area contributed by atoms with Crippen molar-refractivity contribution >= 4 is 27.5 Å². The maximum atomic E-state index is 12.9. The number of carbonyl (C=O) groups is 1. The van der Waals surface area contributed by atoms with Gasteiger partial charge in [-0.3, -0.25) is 14.2 Å². The van der Waals surface area contributed by atoms with Crippen LogP contribution in [0, 0.1) is 11.8 Å². The molecule has 1 saturated heterocycles. The van der Waals surface area contributed by atoms with Crippen molar-refractivity contribution in [3.8, 4) is 0 Å². The smallest absolute Gasteiger partial charge is 0.262 e. The van der Waals surface area contributed by atoms with Gasteiger partial charge < -0.3 is 4.90 Å². The number of aromatic nitrogens is 2. The third-order valence-corrected chi connectivity index (χ3v) is 6.42. The van der Waals surface area contributed by atoms with Crippen molar-refractivity contribution in [1.29, 1.82) is 0 Å². The van der Waals surface area contributed by atoms with Crippen LogP contribution in [0.25, 0.3) is 10.2 Å². The van der Waals surface area contributed by atoms with E-state index in [-0.39, 0.29) is 18.0 Å². The van der Waals surface area contributed by atoms with Crippen LogP contribution in [0.1, 0.15) is 37.1 Å². The largest absolute Gasteiger partial charge is 0.341 e. The van der Waals surface area contributed by atoms with Crippen LogP contribution in [0.2, 0.25) is 0 Å². The number of fused-ring (bicyclic) bond motifs is 3. The highest BCUT2D eigenvalue weighted by Crippen LogP contribution is 2.34. The monoisotopic (exact) mass is 345 g/mol. The number of hydrogen-bond acceptors (Lipinski definition) is 4. The molecule has 2 aromatic rings. The van der Waals surface area contributed by atoms with Gasteiger partial charge in [0.1, 0.15) is 11.4 Å². The number of carbonyl (C=O) groups excluding carboxylic acids is 1. The van der Waals surface area contributed by atoms with Crippen molar-refractivity contribution in [2.24, 2.45) is 11.8 Å². The number of piperidine rings is 1. The van der Waals surface area contributed by atoms with Gasteiger partial charge in [-0.05, 0) is 43.1 Å². The number of hydrogen-bond donors (Lipinski definition) is 0. The van der Waals surface area contributed by atoms with Gasteiger partial charge in [0.25, 0.3) is 5.56 Å². The van der Waals surface area contributed by atoms with Gasteiger partial charge in [0.15, 0.2) is 0 Å². The Bertz CT molecular complexity index is 844. The van der Waals surface area contributed by atoms with E-state index >= 15 is 0 Å². The fourth-order valence-electron chi connectivity index (χ4n) is 4.24. The molecule has 0 spiro atoms. The fraction of sp³-hybridized carbons (Fsp3) is 0.611. The molecule has 0 aromatic carbocycles. The Hall–Kier alpha value is -1.69. The summed E-state index contributed by atoms with van der Waals surface area (Å²) in [7, 11) is 0. The molecule has 6 heteroatoms. The topological polar surface area (TPSA) is 55.2 Å². The molecule has 4 rings (SSSR count). The van der Waals surface area contributed by atoms with E-state index in [1.165, 1.54) is 15.0 Å². The summed E-state index contributed by atoms with van der Waals surface area (Å²) in [6, 6.07) is 0. The van der Waals surface area contributed by atoms with Gasteiger partial charge in [-0.2, -0.15) is 0 Å². The number of nitrogens with zero attached hydrogens (tertiary/aromatic N) is 3. The SMILES string of the molecule is C[C@@H]1C[C@@H](C)CN(C(=O)Cn2cnc3sc4c(c3c2=O)CCC4)C1. The zero-order valence-corrected chi connectivity index (χ0v) is 15.1. The number of rotatable bonds is 2. The maximum Gasteiger partial charge on any atom is 0.262 e.